The summed E-state index contributed by atoms with van der Waals surface area (Å²) in [6.45, 7) is 2.37. The van der Waals surface area contributed by atoms with Crippen molar-refractivity contribution < 1.29 is 9.59 Å². The van der Waals surface area contributed by atoms with E-state index < -0.39 is 6.04 Å². The highest BCUT2D eigenvalue weighted by Crippen LogP contribution is 2.30. The van der Waals surface area contributed by atoms with Gasteiger partial charge in [0, 0.05) is 26.3 Å². The van der Waals surface area contributed by atoms with Gasteiger partial charge in [-0.2, -0.15) is 5.10 Å². The quantitative estimate of drug-likeness (QED) is 0.856. The number of carbonyl (C=O) groups excluding carboxylic acids is 2. The van der Waals surface area contributed by atoms with E-state index >= 15 is 0 Å². The second kappa shape index (κ2) is 6.28. The minimum Gasteiger partial charge on any atom is -0.329 e. The summed E-state index contributed by atoms with van der Waals surface area (Å²) in [6.07, 6.45) is 2.12. The van der Waals surface area contributed by atoms with Gasteiger partial charge in [0.2, 0.25) is 5.91 Å². The normalized spacial score (nSPS) is 17.4. The Kier molecular flexibility index (Phi) is 4.32. The Morgan fingerprint density at radius 1 is 1.38 bits per heavy atom. The van der Waals surface area contributed by atoms with E-state index in [9.17, 15) is 9.59 Å². The molecule has 0 spiro atoms. The van der Waals surface area contributed by atoms with Crippen molar-refractivity contribution in [2.45, 2.75) is 19.4 Å². The van der Waals surface area contributed by atoms with Crippen LogP contribution < -0.4 is 4.90 Å². The maximum absolute atomic E-state index is 12.8. The highest BCUT2D eigenvalue weighted by atomic mass is 35.5. The zero-order chi connectivity index (χ0) is 17.4. The number of hydrogen-bond donors (Lipinski definition) is 0. The summed E-state index contributed by atoms with van der Waals surface area (Å²) in [7, 11) is 3.44. The number of nitrogens with zero attached hydrogens (tertiary/aromatic N) is 4. The van der Waals surface area contributed by atoms with Gasteiger partial charge in [-0.25, -0.2) is 0 Å². The summed E-state index contributed by atoms with van der Waals surface area (Å²) in [5.74, 6) is -0.305. The first-order valence-corrected chi connectivity index (χ1v) is 8.11. The minimum absolute atomic E-state index is 0.111. The first-order valence-electron chi connectivity index (χ1n) is 7.73. The van der Waals surface area contributed by atoms with Crippen LogP contribution >= 0.6 is 11.6 Å². The summed E-state index contributed by atoms with van der Waals surface area (Å²) in [5.41, 5.74) is 1.98. The van der Waals surface area contributed by atoms with Gasteiger partial charge in [0.05, 0.1) is 22.5 Å². The van der Waals surface area contributed by atoms with Crippen LogP contribution in [0, 0.1) is 6.92 Å². The van der Waals surface area contributed by atoms with Gasteiger partial charge < -0.3 is 9.80 Å². The third kappa shape index (κ3) is 2.67. The lowest BCUT2D eigenvalue weighted by atomic mass is 10.1. The zero-order valence-electron chi connectivity index (χ0n) is 13.9. The molecule has 0 saturated carbocycles. The van der Waals surface area contributed by atoms with E-state index in [1.165, 1.54) is 4.90 Å². The smallest absolute Gasteiger partial charge is 0.257 e. The van der Waals surface area contributed by atoms with Gasteiger partial charge in [0.15, 0.2) is 0 Å². The van der Waals surface area contributed by atoms with Crippen LogP contribution in [-0.2, 0) is 11.8 Å². The molecule has 2 heterocycles. The molecule has 1 saturated heterocycles. The molecule has 1 aromatic heterocycles. The molecule has 0 radical (unpaired) electrons. The number of benzene rings is 1. The Balaban J connectivity index is 1.81. The Labute approximate surface area is 145 Å². The van der Waals surface area contributed by atoms with E-state index in [4.69, 9.17) is 11.6 Å². The molecule has 126 valence electrons. The van der Waals surface area contributed by atoms with Crippen LogP contribution in [0.5, 0.6) is 0 Å². The predicted molar refractivity (Wildman–Crippen MR) is 92.2 cm³/mol. The average Bonchev–Trinajstić information content (AvgIpc) is 3.10. The monoisotopic (exact) mass is 346 g/mol. The molecule has 1 fully saturated rings. The lowest BCUT2D eigenvalue weighted by Gasteiger charge is -2.24. The highest BCUT2D eigenvalue weighted by molar-refractivity contribution is 6.34. The molecule has 0 N–H and O–H groups in total. The molecule has 2 amide bonds. The van der Waals surface area contributed by atoms with Crippen LogP contribution in [0.1, 0.15) is 22.5 Å². The van der Waals surface area contributed by atoms with Gasteiger partial charge in [0.25, 0.3) is 5.91 Å². The molecule has 1 atom stereocenters. The first-order chi connectivity index (χ1) is 11.4. The second-order valence-corrected chi connectivity index (χ2v) is 6.34. The fraction of sp³-hybridized carbons (Fsp3) is 0.353. The van der Waals surface area contributed by atoms with Crippen molar-refractivity contribution in [1.29, 1.82) is 0 Å². The predicted octanol–water partition coefficient (Wildman–Crippen LogP) is 2.26. The van der Waals surface area contributed by atoms with Crippen molar-refractivity contribution in [3.05, 3.63) is 46.7 Å². The molecule has 24 heavy (non-hydrogen) atoms. The van der Waals surface area contributed by atoms with Gasteiger partial charge >= 0.3 is 0 Å². The molecule has 1 aliphatic rings. The van der Waals surface area contributed by atoms with Crippen molar-refractivity contribution in [2.24, 2.45) is 7.05 Å². The number of carbonyl (C=O) groups is 2. The number of halogens is 1. The molecular weight excluding hydrogens is 328 g/mol. The molecule has 2 aromatic rings. The maximum atomic E-state index is 12.8. The second-order valence-electron chi connectivity index (χ2n) is 5.93. The third-order valence-electron chi connectivity index (χ3n) is 4.57. The van der Waals surface area contributed by atoms with E-state index in [-0.39, 0.29) is 11.8 Å². The SMILES string of the molecule is Cc1c(C(=O)N(C)[C@@H]2CCN(c3ccccc3Cl)C2=O)cnn1C. The van der Waals surface area contributed by atoms with E-state index in [1.54, 1.807) is 35.9 Å². The van der Waals surface area contributed by atoms with Crippen LogP contribution in [0.25, 0.3) is 0 Å². The Morgan fingerprint density at radius 3 is 2.71 bits per heavy atom. The molecular formula is C17H19ClN4O2. The van der Waals surface area contributed by atoms with Gasteiger partial charge in [0.1, 0.15) is 6.04 Å². The zero-order valence-corrected chi connectivity index (χ0v) is 14.6. The number of aromatic nitrogens is 2. The van der Waals surface area contributed by atoms with Crippen molar-refractivity contribution >= 4 is 29.1 Å². The lowest BCUT2D eigenvalue weighted by molar-refractivity contribution is -0.120. The lowest BCUT2D eigenvalue weighted by Crippen LogP contribution is -2.43. The van der Waals surface area contributed by atoms with E-state index in [2.05, 4.69) is 5.10 Å². The van der Waals surface area contributed by atoms with Gasteiger partial charge in [-0.05, 0) is 25.5 Å². The number of amides is 2. The van der Waals surface area contributed by atoms with Crippen molar-refractivity contribution in [1.82, 2.24) is 14.7 Å². The molecule has 1 aromatic carbocycles. The fourth-order valence-corrected chi connectivity index (χ4v) is 3.21. The number of para-hydroxylation sites is 1. The first kappa shape index (κ1) is 16.5. The molecule has 3 rings (SSSR count). The van der Waals surface area contributed by atoms with Crippen LogP contribution in [0.2, 0.25) is 5.02 Å². The fourth-order valence-electron chi connectivity index (χ4n) is 2.97. The van der Waals surface area contributed by atoms with Crippen molar-refractivity contribution in [2.75, 3.05) is 18.5 Å². The summed E-state index contributed by atoms with van der Waals surface area (Å²) in [4.78, 5) is 28.6. The number of hydrogen-bond acceptors (Lipinski definition) is 3. The van der Waals surface area contributed by atoms with Gasteiger partial charge in [-0.1, -0.05) is 23.7 Å². The van der Waals surface area contributed by atoms with Crippen LogP contribution in [-0.4, -0.2) is 46.1 Å². The van der Waals surface area contributed by atoms with E-state index in [0.717, 1.165) is 5.69 Å². The van der Waals surface area contributed by atoms with Gasteiger partial charge in [-0.15, -0.1) is 0 Å². The topological polar surface area (TPSA) is 58.4 Å². The summed E-state index contributed by atoms with van der Waals surface area (Å²) < 4.78 is 1.65. The van der Waals surface area contributed by atoms with Gasteiger partial charge in [-0.3, -0.25) is 14.3 Å². The Hall–Kier alpha value is -2.34. The summed E-state index contributed by atoms with van der Waals surface area (Å²) >= 11 is 6.19. The molecule has 7 heteroatoms. The molecule has 6 nitrogen and oxygen atoms in total. The Bertz CT molecular complexity index is 802. The summed E-state index contributed by atoms with van der Waals surface area (Å²) in [5, 5.41) is 4.63. The molecule has 0 aliphatic carbocycles. The van der Waals surface area contributed by atoms with E-state index in [1.807, 2.05) is 25.1 Å². The standard InChI is InChI=1S/C17H19ClN4O2/c1-11-12(10-19-21(11)3)16(23)20(2)15-8-9-22(17(15)24)14-7-5-4-6-13(14)18/h4-7,10,15H,8-9H2,1-3H3/t15-/m1/s1. The highest BCUT2D eigenvalue weighted by Gasteiger charge is 2.38. The summed E-state index contributed by atoms with van der Waals surface area (Å²) in [6, 6.07) is 6.75. The van der Waals surface area contributed by atoms with Crippen LogP contribution in [0.15, 0.2) is 30.5 Å². The number of anilines is 1. The minimum atomic E-state index is -0.492. The number of rotatable bonds is 3. The largest absolute Gasteiger partial charge is 0.329 e. The van der Waals surface area contributed by atoms with Crippen molar-refractivity contribution in [3.63, 3.8) is 0 Å². The van der Waals surface area contributed by atoms with Crippen LogP contribution in [0.3, 0.4) is 0 Å². The molecule has 1 aliphatic heterocycles. The van der Waals surface area contributed by atoms with E-state index in [0.29, 0.717) is 29.2 Å². The number of likely N-dealkylation sites (N-methyl/N-ethyl adjacent to an activating group) is 1. The molecule has 0 bridgehead atoms. The van der Waals surface area contributed by atoms with Crippen LogP contribution in [0.4, 0.5) is 5.69 Å². The van der Waals surface area contributed by atoms with Crippen molar-refractivity contribution in [3.8, 4) is 0 Å². The molecule has 0 unspecified atom stereocenters. The maximum Gasteiger partial charge on any atom is 0.257 e. The third-order valence-corrected chi connectivity index (χ3v) is 4.89. The number of aryl methyl sites for hydroxylation is 1. The average molecular weight is 347 g/mol. The Morgan fingerprint density at radius 2 is 2.08 bits per heavy atom.